The van der Waals surface area contributed by atoms with E-state index in [0.29, 0.717) is 11.1 Å². The normalized spacial score (nSPS) is 18.0. The summed E-state index contributed by atoms with van der Waals surface area (Å²) in [6.45, 7) is 23.7. The van der Waals surface area contributed by atoms with Crippen molar-refractivity contribution in [3.05, 3.63) is 6.92 Å². The summed E-state index contributed by atoms with van der Waals surface area (Å²) >= 11 is 0. The third kappa shape index (κ3) is 8.25. The smallest absolute Gasteiger partial charge is 0.0126 e. The molecule has 0 aliphatic carbocycles. The van der Waals surface area contributed by atoms with Crippen molar-refractivity contribution >= 4 is 0 Å². The van der Waals surface area contributed by atoms with Gasteiger partial charge >= 0.3 is 0 Å². The van der Waals surface area contributed by atoms with Gasteiger partial charge in [-0.05, 0) is 41.5 Å². The molecule has 1 heterocycles. The van der Waals surface area contributed by atoms with Crippen molar-refractivity contribution in [2.24, 2.45) is 0 Å². The first-order chi connectivity index (χ1) is 7.21. The van der Waals surface area contributed by atoms with E-state index in [0.717, 1.165) is 0 Å². The van der Waals surface area contributed by atoms with Crippen molar-refractivity contribution in [3.8, 4) is 0 Å². The van der Waals surface area contributed by atoms with E-state index >= 15 is 0 Å². The maximum absolute atomic E-state index is 3.25. The SMILES string of the molecule is C.CC(C)(C)N1CCN(C(C)(C)C)CC1.[CH2-]C.[Y]. The molecule has 0 aromatic carbocycles. The van der Waals surface area contributed by atoms with Crippen molar-refractivity contribution in [1.82, 2.24) is 9.80 Å². The monoisotopic (exact) mass is 332 g/mol. The van der Waals surface area contributed by atoms with Crippen LogP contribution in [0.25, 0.3) is 0 Å². The molecule has 1 radical (unpaired) electrons. The Morgan fingerprint density at radius 1 is 0.667 bits per heavy atom. The molecule has 18 heavy (non-hydrogen) atoms. The van der Waals surface area contributed by atoms with Crippen LogP contribution in [0.2, 0.25) is 0 Å². The summed E-state index contributed by atoms with van der Waals surface area (Å²) in [6.07, 6.45) is 0. The van der Waals surface area contributed by atoms with Crippen LogP contribution in [-0.2, 0) is 32.7 Å². The van der Waals surface area contributed by atoms with E-state index in [9.17, 15) is 0 Å². The summed E-state index contributed by atoms with van der Waals surface area (Å²) in [4.78, 5) is 5.16. The third-order valence-corrected chi connectivity index (χ3v) is 3.18. The fraction of sp³-hybridized carbons (Fsp3) is 0.933. The number of nitrogens with zero attached hydrogens (tertiary/aromatic N) is 2. The van der Waals surface area contributed by atoms with Crippen LogP contribution < -0.4 is 0 Å². The Kier molecular flexibility index (Phi) is 13.2. The van der Waals surface area contributed by atoms with Crippen LogP contribution in [0, 0.1) is 6.92 Å². The Balaban J connectivity index is -0.000000534. The Labute approximate surface area is 142 Å². The Morgan fingerprint density at radius 3 is 0.944 bits per heavy atom. The molecule has 1 saturated heterocycles. The molecule has 1 aliphatic heterocycles. The van der Waals surface area contributed by atoms with E-state index < -0.39 is 0 Å². The minimum Gasteiger partial charge on any atom is -0.346 e. The van der Waals surface area contributed by atoms with Gasteiger partial charge in [-0.1, -0.05) is 7.43 Å². The quantitative estimate of drug-likeness (QED) is 0.625. The molecule has 1 aliphatic rings. The number of piperazine rings is 1. The minimum atomic E-state index is 0. The standard InChI is InChI=1S/C12H26N2.C2H5.CH4.Y/c1-11(2,3)13-7-9-14(10-8-13)12(4,5)6;1-2;;/h7-10H2,1-6H3;1H2,2H3;1H4;/q;-1;;. The summed E-state index contributed by atoms with van der Waals surface area (Å²) in [5.41, 5.74) is 0.675. The molecule has 3 heteroatoms. The minimum absolute atomic E-state index is 0. The molecule has 0 aromatic rings. The van der Waals surface area contributed by atoms with Gasteiger partial charge in [0.25, 0.3) is 0 Å². The zero-order valence-electron chi connectivity index (χ0n) is 13.0. The first-order valence-corrected chi connectivity index (χ1v) is 6.42. The topological polar surface area (TPSA) is 6.48 Å². The van der Waals surface area contributed by atoms with E-state index in [1.54, 1.807) is 6.92 Å². The molecular weight excluding hydrogens is 297 g/mol. The summed E-state index contributed by atoms with van der Waals surface area (Å²) in [7, 11) is 0. The van der Waals surface area contributed by atoms with Crippen LogP contribution in [0.5, 0.6) is 0 Å². The van der Waals surface area contributed by atoms with Crippen LogP contribution in [0.3, 0.4) is 0 Å². The first-order valence-electron chi connectivity index (χ1n) is 6.42. The largest absolute Gasteiger partial charge is 0.346 e. The van der Waals surface area contributed by atoms with E-state index in [1.165, 1.54) is 26.2 Å². The molecule has 0 unspecified atom stereocenters. The van der Waals surface area contributed by atoms with Crippen molar-refractivity contribution < 1.29 is 32.7 Å². The predicted octanol–water partition coefficient (Wildman–Crippen LogP) is 3.67. The zero-order valence-corrected chi connectivity index (χ0v) is 15.8. The molecule has 0 atom stereocenters. The van der Waals surface area contributed by atoms with Crippen LogP contribution >= 0.6 is 0 Å². The predicted molar refractivity (Wildman–Crippen MR) is 80.4 cm³/mol. The molecule has 0 N–H and O–H groups in total. The second-order valence-electron chi connectivity index (χ2n) is 6.32. The summed E-state index contributed by atoms with van der Waals surface area (Å²) in [6, 6.07) is 0. The zero-order chi connectivity index (χ0) is 13.0. The molecular formula is C15H35N2Y-. The van der Waals surface area contributed by atoms with E-state index in [1.807, 2.05) is 0 Å². The van der Waals surface area contributed by atoms with Crippen molar-refractivity contribution in [1.29, 1.82) is 0 Å². The molecule has 0 bridgehead atoms. The Hall–Kier alpha value is 1.02. The van der Waals surface area contributed by atoms with Crippen molar-refractivity contribution in [3.63, 3.8) is 0 Å². The first kappa shape index (κ1) is 24.1. The van der Waals surface area contributed by atoms with Gasteiger partial charge in [0.2, 0.25) is 0 Å². The molecule has 0 saturated carbocycles. The summed E-state index contributed by atoms with van der Waals surface area (Å²) in [5.74, 6) is 0. The molecule has 109 valence electrons. The molecule has 0 spiro atoms. The molecule has 2 nitrogen and oxygen atoms in total. The molecule has 1 fully saturated rings. The molecule has 1 rings (SSSR count). The number of hydrogen-bond acceptors (Lipinski definition) is 2. The van der Waals surface area contributed by atoms with Gasteiger partial charge in [-0.25, -0.2) is 0 Å². The summed E-state index contributed by atoms with van der Waals surface area (Å²) in [5, 5.41) is 0. The van der Waals surface area contributed by atoms with E-state index in [-0.39, 0.29) is 40.1 Å². The van der Waals surface area contributed by atoms with Gasteiger partial charge in [0, 0.05) is 70.0 Å². The van der Waals surface area contributed by atoms with Crippen molar-refractivity contribution in [2.45, 2.75) is 67.0 Å². The Morgan fingerprint density at radius 2 is 0.833 bits per heavy atom. The summed E-state index contributed by atoms with van der Waals surface area (Å²) < 4.78 is 0. The fourth-order valence-electron chi connectivity index (χ4n) is 2.05. The van der Waals surface area contributed by atoms with Crippen LogP contribution in [0.15, 0.2) is 0 Å². The number of rotatable bonds is 0. The Bertz CT molecular complexity index is 162. The van der Waals surface area contributed by atoms with Gasteiger partial charge < -0.3 is 6.92 Å². The van der Waals surface area contributed by atoms with Gasteiger partial charge in [0.15, 0.2) is 0 Å². The van der Waals surface area contributed by atoms with Crippen LogP contribution in [-0.4, -0.2) is 47.1 Å². The average molecular weight is 332 g/mol. The van der Waals surface area contributed by atoms with Gasteiger partial charge in [0.05, 0.1) is 0 Å². The molecule has 0 aromatic heterocycles. The van der Waals surface area contributed by atoms with Gasteiger partial charge in [0.1, 0.15) is 0 Å². The van der Waals surface area contributed by atoms with Crippen LogP contribution in [0.1, 0.15) is 55.9 Å². The van der Waals surface area contributed by atoms with Crippen LogP contribution in [0.4, 0.5) is 0 Å². The van der Waals surface area contributed by atoms with Gasteiger partial charge in [-0.3, -0.25) is 9.80 Å². The van der Waals surface area contributed by atoms with Gasteiger partial charge in [-0.15, -0.1) is 0 Å². The average Bonchev–Trinajstić information content (AvgIpc) is 2.18. The van der Waals surface area contributed by atoms with Gasteiger partial charge in [-0.2, -0.15) is 6.92 Å². The second kappa shape index (κ2) is 9.85. The van der Waals surface area contributed by atoms with E-state index in [2.05, 4.69) is 58.3 Å². The van der Waals surface area contributed by atoms with Crippen molar-refractivity contribution in [2.75, 3.05) is 26.2 Å². The maximum Gasteiger partial charge on any atom is 0.0126 e. The van der Waals surface area contributed by atoms with E-state index in [4.69, 9.17) is 0 Å². The molecule has 0 amide bonds. The maximum atomic E-state index is 3.25. The third-order valence-electron chi connectivity index (χ3n) is 3.18. The second-order valence-corrected chi connectivity index (χ2v) is 6.32. The fourth-order valence-corrected chi connectivity index (χ4v) is 2.05. The number of hydrogen-bond donors (Lipinski definition) is 0.